The molecule has 16 heavy (non-hydrogen) atoms. The summed E-state index contributed by atoms with van der Waals surface area (Å²) in [5, 5.41) is 0. The van der Waals surface area contributed by atoms with Crippen LogP contribution in [0, 0.1) is 0 Å². The SMILES string of the molecule is C[C@H](N)c1ccnc(OC2CCOCC2)c1. The third-order valence-corrected chi connectivity index (χ3v) is 2.74. The van der Waals surface area contributed by atoms with E-state index in [0.717, 1.165) is 31.6 Å². The van der Waals surface area contributed by atoms with E-state index in [-0.39, 0.29) is 12.1 Å². The fourth-order valence-electron chi connectivity index (χ4n) is 1.74. The number of ether oxygens (including phenoxy) is 2. The molecule has 0 amide bonds. The van der Waals surface area contributed by atoms with Crippen molar-refractivity contribution in [1.29, 1.82) is 0 Å². The van der Waals surface area contributed by atoms with E-state index >= 15 is 0 Å². The second-order valence-electron chi connectivity index (χ2n) is 4.15. The van der Waals surface area contributed by atoms with Gasteiger partial charge in [-0.25, -0.2) is 4.98 Å². The van der Waals surface area contributed by atoms with Crippen LogP contribution in [0.2, 0.25) is 0 Å². The number of pyridine rings is 1. The second-order valence-corrected chi connectivity index (χ2v) is 4.15. The minimum atomic E-state index is 0.0139. The Morgan fingerprint density at radius 1 is 1.50 bits per heavy atom. The molecule has 0 unspecified atom stereocenters. The highest BCUT2D eigenvalue weighted by Gasteiger charge is 2.16. The quantitative estimate of drug-likeness (QED) is 0.845. The van der Waals surface area contributed by atoms with Gasteiger partial charge < -0.3 is 15.2 Å². The first kappa shape index (κ1) is 11.4. The summed E-state index contributed by atoms with van der Waals surface area (Å²) in [5.41, 5.74) is 6.87. The van der Waals surface area contributed by atoms with E-state index < -0.39 is 0 Å². The van der Waals surface area contributed by atoms with Crippen LogP contribution in [0.15, 0.2) is 18.3 Å². The highest BCUT2D eigenvalue weighted by molar-refractivity contribution is 5.23. The number of aromatic nitrogens is 1. The number of hydrogen-bond acceptors (Lipinski definition) is 4. The fourth-order valence-corrected chi connectivity index (χ4v) is 1.74. The summed E-state index contributed by atoms with van der Waals surface area (Å²) in [6.07, 6.45) is 3.84. The van der Waals surface area contributed by atoms with Crippen LogP contribution in [-0.4, -0.2) is 24.3 Å². The van der Waals surface area contributed by atoms with Gasteiger partial charge in [0, 0.05) is 31.1 Å². The lowest BCUT2D eigenvalue weighted by Gasteiger charge is -2.23. The van der Waals surface area contributed by atoms with Gasteiger partial charge in [-0.15, -0.1) is 0 Å². The molecule has 1 aromatic heterocycles. The first-order valence-corrected chi connectivity index (χ1v) is 5.71. The van der Waals surface area contributed by atoms with Crippen molar-refractivity contribution in [2.24, 2.45) is 5.73 Å². The molecule has 88 valence electrons. The van der Waals surface area contributed by atoms with Crippen molar-refractivity contribution in [3.8, 4) is 5.88 Å². The molecule has 0 spiro atoms. The Bertz CT molecular complexity index is 336. The molecular weight excluding hydrogens is 204 g/mol. The zero-order chi connectivity index (χ0) is 11.4. The van der Waals surface area contributed by atoms with Crippen LogP contribution in [0.4, 0.5) is 0 Å². The summed E-state index contributed by atoms with van der Waals surface area (Å²) in [4.78, 5) is 4.20. The van der Waals surface area contributed by atoms with Crippen LogP contribution in [-0.2, 0) is 4.74 Å². The average molecular weight is 222 g/mol. The van der Waals surface area contributed by atoms with Gasteiger partial charge >= 0.3 is 0 Å². The molecule has 1 atom stereocenters. The predicted molar refractivity (Wildman–Crippen MR) is 61.3 cm³/mol. The lowest BCUT2D eigenvalue weighted by Crippen LogP contribution is -2.26. The zero-order valence-electron chi connectivity index (χ0n) is 9.56. The van der Waals surface area contributed by atoms with Gasteiger partial charge in [0.05, 0.1) is 13.2 Å². The van der Waals surface area contributed by atoms with Crippen molar-refractivity contribution in [3.63, 3.8) is 0 Å². The molecule has 4 heteroatoms. The lowest BCUT2D eigenvalue weighted by molar-refractivity contribution is 0.0237. The van der Waals surface area contributed by atoms with Crippen LogP contribution >= 0.6 is 0 Å². The lowest BCUT2D eigenvalue weighted by atomic mass is 10.1. The molecule has 2 N–H and O–H groups in total. The van der Waals surface area contributed by atoms with Gasteiger partial charge in [-0.1, -0.05) is 0 Å². The molecule has 0 aromatic carbocycles. The number of nitrogens with zero attached hydrogens (tertiary/aromatic N) is 1. The minimum Gasteiger partial charge on any atom is -0.474 e. The molecule has 2 heterocycles. The Morgan fingerprint density at radius 2 is 2.25 bits per heavy atom. The Labute approximate surface area is 95.8 Å². The van der Waals surface area contributed by atoms with Crippen molar-refractivity contribution in [1.82, 2.24) is 4.98 Å². The van der Waals surface area contributed by atoms with Crippen molar-refractivity contribution in [3.05, 3.63) is 23.9 Å². The molecular formula is C12H18N2O2. The highest BCUT2D eigenvalue weighted by Crippen LogP contribution is 2.18. The highest BCUT2D eigenvalue weighted by atomic mass is 16.5. The number of nitrogens with two attached hydrogens (primary N) is 1. The fraction of sp³-hybridized carbons (Fsp3) is 0.583. The topological polar surface area (TPSA) is 57.4 Å². The van der Waals surface area contributed by atoms with Crippen LogP contribution in [0.25, 0.3) is 0 Å². The van der Waals surface area contributed by atoms with Gasteiger partial charge in [0.15, 0.2) is 0 Å². The summed E-state index contributed by atoms with van der Waals surface area (Å²) < 4.78 is 11.1. The maximum atomic E-state index is 5.81. The van der Waals surface area contributed by atoms with Gasteiger partial charge in [0.1, 0.15) is 6.10 Å². The molecule has 1 saturated heterocycles. The Kier molecular flexibility index (Phi) is 3.74. The number of hydrogen-bond donors (Lipinski definition) is 1. The Balaban J connectivity index is 2.00. The standard InChI is InChI=1S/C12H18N2O2/c1-9(13)10-2-5-14-12(8-10)16-11-3-6-15-7-4-11/h2,5,8-9,11H,3-4,6-7,13H2,1H3/t9-/m0/s1. The van der Waals surface area contributed by atoms with Gasteiger partial charge in [0.25, 0.3) is 0 Å². The third kappa shape index (κ3) is 2.93. The molecule has 0 radical (unpaired) electrons. The van der Waals surface area contributed by atoms with Crippen molar-refractivity contribution < 1.29 is 9.47 Å². The molecule has 1 fully saturated rings. The maximum absolute atomic E-state index is 5.81. The molecule has 1 aliphatic heterocycles. The van der Waals surface area contributed by atoms with Crippen molar-refractivity contribution in [2.75, 3.05) is 13.2 Å². The monoisotopic (exact) mass is 222 g/mol. The van der Waals surface area contributed by atoms with Crippen LogP contribution in [0.5, 0.6) is 5.88 Å². The summed E-state index contributed by atoms with van der Waals surface area (Å²) in [6, 6.07) is 3.85. The first-order chi connectivity index (χ1) is 7.75. The summed E-state index contributed by atoms with van der Waals surface area (Å²) in [7, 11) is 0. The van der Waals surface area contributed by atoms with E-state index in [9.17, 15) is 0 Å². The molecule has 1 aliphatic rings. The van der Waals surface area contributed by atoms with Gasteiger partial charge in [-0.2, -0.15) is 0 Å². The molecule has 0 saturated carbocycles. The first-order valence-electron chi connectivity index (χ1n) is 5.71. The van der Waals surface area contributed by atoms with Crippen LogP contribution in [0.3, 0.4) is 0 Å². The van der Waals surface area contributed by atoms with Crippen molar-refractivity contribution in [2.45, 2.75) is 31.9 Å². The smallest absolute Gasteiger partial charge is 0.213 e. The Hall–Kier alpha value is -1.13. The van der Waals surface area contributed by atoms with E-state index in [1.165, 1.54) is 0 Å². The van der Waals surface area contributed by atoms with E-state index in [1.807, 2.05) is 19.1 Å². The van der Waals surface area contributed by atoms with Gasteiger partial charge in [0.2, 0.25) is 5.88 Å². The van der Waals surface area contributed by atoms with E-state index in [2.05, 4.69) is 4.98 Å². The largest absolute Gasteiger partial charge is 0.474 e. The van der Waals surface area contributed by atoms with Crippen molar-refractivity contribution >= 4 is 0 Å². The van der Waals surface area contributed by atoms with E-state index in [0.29, 0.717) is 5.88 Å². The van der Waals surface area contributed by atoms with Crippen LogP contribution in [0.1, 0.15) is 31.4 Å². The number of rotatable bonds is 3. The summed E-state index contributed by atoms with van der Waals surface area (Å²) in [6.45, 7) is 3.50. The van der Waals surface area contributed by atoms with Gasteiger partial charge in [-0.05, 0) is 18.6 Å². The Morgan fingerprint density at radius 3 is 2.94 bits per heavy atom. The zero-order valence-corrected chi connectivity index (χ0v) is 9.56. The van der Waals surface area contributed by atoms with E-state index in [1.54, 1.807) is 6.20 Å². The van der Waals surface area contributed by atoms with E-state index in [4.69, 9.17) is 15.2 Å². The molecule has 0 bridgehead atoms. The summed E-state index contributed by atoms with van der Waals surface area (Å²) in [5.74, 6) is 0.668. The third-order valence-electron chi connectivity index (χ3n) is 2.74. The minimum absolute atomic E-state index is 0.0139. The molecule has 0 aliphatic carbocycles. The summed E-state index contributed by atoms with van der Waals surface area (Å²) >= 11 is 0. The molecule has 2 rings (SSSR count). The average Bonchev–Trinajstić information content (AvgIpc) is 2.30. The second kappa shape index (κ2) is 5.27. The normalized spacial score (nSPS) is 19.4. The molecule has 4 nitrogen and oxygen atoms in total. The van der Waals surface area contributed by atoms with Gasteiger partial charge in [-0.3, -0.25) is 0 Å². The molecule has 1 aromatic rings. The van der Waals surface area contributed by atoms with Crippen LogP contribution < -0.4 is 10.5 Å². The predicted octanol–water partition coefficient (Wildman–Crippen LogP) is 1.66. The maximum Gasteiger partial charge on any atom is 0.213 e.